The summed E-state index contributed by atoms with van der Waals surface area (Å²) in [5.41, 5.74) is 7.71. The SMILES string of the molecule is CCC(N)Cc1ccc(N2CCCC2(C)C)c(F)c1. The number of rotatable bonds is 4. The first kappa shape index (κ1) is 14.3. The van der Waals surface area contributed by atoms with Crippen molar-refractivity contribution in [3.63, 3.8) is 0 Å². The first-order valence-corrected chi connectivity index (χ1v) is 7.25. The molecule has 0 saturated carbocycles. The average molecular weight is 264 g/mol. The maximum absolute atomic E-state index is 14.3. The van der Waals surface area contributed by atoms with Gasteiger partial charge in [-0.05, 0) is 57.2 Å². The average Bonchev–Trinajstić information content (AvgIpc) is 2.69. The lowest BCUT2D eigenvalue weighted by Gasteiger charge is -2.34. The van der Waals surface area contributed by atoms with E-state index in [-0.39, 0.29) is 17.4 Å². The van der Waals surface area contributed by atoms with Crippen LogP contribution in [0.3, 0.4) is 0 Å². The summed E-state index contributed by atoms with van der Waals surface area (Å²) in [4.78, 5) is 2.19. The maximum Gasteiger partial charge on any atom is 0.146 e. The zero-order valence-electron chi connectivity index (χ0n) is 12.2. The first-order valence-electron chi connectivity index (χ1n) is 7.25. The molecule has 1 heterocycles. The van der Waals surface area contributed by atoms with E-state index < -0.39 is 0 Å². The van der Waals surface area contributed by atoms with Gasteiger partial charge in [-0.2, -0.15) is 0 Å². The molecule has 19 heavy (non-hydrogen) atoms. The summed E-state index contributed by atoms with van der Waals surface area (Å²) in [6.07, 6.45) is 3.92. The Bertz CT molecular complexity index is 442. The zero-order chi connectivity index (χ0) is 14.0. The highest BCUT2D eigenvalue weighted by atomic mass is 19.1. The van der Waals surface area contributed by atoms with Gasteiger partial charge in [0, 0.05) is 18.1 Å². The van der Waals surface area contributed by atoms with E-state index in [1.807, 2.05) is 12.1 Å². The molecule has 1 saturated heterocycles. The molecular weight excluding hydrogens is 239 g/mol. The van der Waals surface area contributed by atoms with Crippen LogP contribution < -0.4 is 10.6 Å². The first-order chi connectivity index (χ1) is 8.94. The van der Waals surface area contributed by atoms with Crippen LogP contribution >= 0.6 is 0 Å². The van der Waals surface area contributed by atoms with Gasteiger partial charge in [0.1, 0.15) is 5.82 Å². The Morgan fingerprint density at radius 2 is 2.16 bits per heavy atom. The molecule has 3 heteroatoms. The van der Waals surface area contributed by atoms with Crippen molar-refractivity contribution < 1.29 is 4.39 Å². The predicted molar refractivity (Wildman–Crippen MR) is 79.0 cm³/mol. The summed E-state index contributed by atoms with van der Waals surface area (Å²) in [5.74, 6) is -0.115. The van der Waals surface area contributed by atoms with Gasteiger partial charge in [-0.3, -0.25) is 0 Å². The number of anilines is 1. The minimum absolute atomic E-state index is 0.0577. The molecule has 1 aliphatic rings. The minimum Gasteiger partial charge on any atom is -0.364 e. The Morgan fingerprint density at radius 1 is 1.42 bits per heavy atom. The normalized spacial score (nSPS) is 19.7. The Balaban J connectivity index is 2.20. The van der Waals surface area contributed by atoms with Gasteiger partial charge in [0.15, 0.2) is 0 Å². The molecule has 2 N–H and O–H groups in total. The third-order valence-corrected chi connectivity index (χ3v) is 4.23. The van der Waals surface area contributed by atoms with Crippen molar-refractivity contribution in [3.05, 3.63) is 29.6 Å². The molecule has 0 radical (unpaired) electrons. The minimum atomic E-state index is -0.115. The Morgan fingerprint density at radius 3 is 2.68 bits per heavy atom. The molecule has 0 bridgehead atoms. The number of halogens is 1. The lowest BCUT2D eigenvalue weighted by molar-refractivity contribution is 0.506. The maximum atomic E-state index is 14.3. The van der Waals surface area contributed by atoms with Crippen LogP contribution in [0.4, 0.5) is 10.1 Å². The molecule has 1 aromatic carbocycles. The van der Waals surface area contributed by atoms with Gasteiger partial charge in [0.05, 0.1) is 5.69 Å². The molecule has 2 nitrogen and oxygen atoms in total. The van der Waals surface area contributed by atoms with Gasteiger partial charge in [-0.1, -0.05) is 13.0 Å². The molecule has 1 unspecified atom stereocenters. The Labute approximate surface area is 115 Å². The fraction of sp³-hybridized carbons (Fsp3) is 0.625. The molecule has 1 aliphatic heterocycles. The van der Waals surface area contributed by atoms with Gasteiger partial charge in [0.2, 0.25) is 0 Å². The van der Waals surface area contributed by atoms with Crippen LogP contribution in [0.1, 0.15) is 45.6 Å². The van der Waals surface area contributed by atoms with E-state index in [0.717, 1.165) is 43.5 Å². The van der Waals surface area contributed by atoms with Crippen LogP contribution in [0.25, 0.3) is 0 Å². The lowest BCUT2D eigenvalue weighted by Crippen LogP contribution is -2.38. The van der Waals surface area contributed by atoms with E-state index in [4.69, 9.17) is 5.73 Å². The van der Waals surface area contributed by atoms with Crippen molar-refractivity contribution >= 4 is 5.69 Å². The number of hydrogen-bond donors (Lipinski definition) is 1. The van der Waals surface area contributed by atoms with Crippen molar-refractivity contribution in [2.75, 3.05) is 11.4 Å². The number of hydrogen-bond acceptors (Lipinski definition) is 2. The third kappa shape index (κ3) is 3.08. The van der Waals surface area contributed by atoms with Gasteiger partial charge in [0.25, 0.3) is 0 Å². The smallest absolute Gasteiger partial charge is 0.146 e. The second kappa shape index (κ2) is 5.49. The van der Waals surface area contributed by atoms with Crippen LogP contribution in [0.5, 0.6) is 0 Å². The Hall–Kier alpha value is -1.09. The van der Waals surface area contributed by atoms with Crippen LogP contribution in [0.2, 0.25) is 0 Å². The van der Waals surface area contributed by atoms with E-state index >= 15 is 0 Å². The summed E-state index contributed by atoms with van der Waals surface area (Å²) >= 11 is 0. The lowest BCUT2D eigenvalue weighted by atomic mass is 10.0. The highest BCUT2D eigenvalue weighted by molar-refractivity contribution is 5.52. The van der Waals surface area contributed by atoms with Gasteiger partial charge in [-0.15, -0.1) is 0 Å². The molecular formula is C16H25FN2. The number of nitrogens with two attached hydrogens (primary N) is 1. The number of nitrogens with zero attached hydrogens (tertiary/aromatic N) is 1. The fourth-order valence-electron chi connectivity index (χ4n) is 2.90. The molecule has 0 spiro atoms. The van der Waals surface area contributed by atoms with Crippen molar-refractivity contribution in [1.29, 1.82) is 0 Å². The van der Waals surface area contributed by atoms with Crippen molar-refractivity contribution in [3.8, 4) is 0 Å². The second-order valence-corrected chi connectivity index (χ2v) is 6.23. The molecule has 0 aromatic heterocycles. The van der Waals surface area contributed by atoms with Crippen molar-refractivity contribution in [2.24, 2.45) is 5.73 Å². The summed E-state index contributed by atoms with van der Waals surface area (Å²) in [7, 11) is 0. The summed E-state index contributed by atoms with van der Waals surface area (Å²) in [6.45, 7) is 7.36. The quantitative estimate of drug-likeness (QED) is 0.902. The molecule has 0 amide bonds. The van der Waals surface area contributed by atoms with E-state index in [2.05, 4.69) is 25.7 Å². The van der Waals surface area contributed by atoms with Crippen LogP contribution in [-0.2, 0) is 6.42 Å². The van der Waals surface area contributed by atoms with E-state index in [1.165, 1.54) is 0 Å². The molecule has 106 valence electrons. The largest absolute Gasteiger partial charge is 0.364 e. The van der Waals surface area contributed by atoms with E-state index in [0.29, 0.717) is 0 Å². The Kier molecular flexibility index (Phi) is 4.14. The van der Waals surface area contributed by atoms with Crippen LogP contribution in [0, 0.1) is 5.82 Å². The molecule has 0 aliphatic carbocycles. The third-order valence-electron chi connectivity index (χ3n) is 4.23. The van der Waals surface area contributed by atoms with Crippen LogP contribution in [-0.4, -0.2) is 18.1 Å². The zero-order valence-corrected chi connectivity index (χ0v) is 12.2. The van der Waals surface area contributed by atoms with Gasteiger partial charge >= 0.3 is 0 Å². The summed E-state index contributed by atoms with van der Waals surface area (Å²) in [6, 6.07) is 5.70. The molecule has 2 rings (SSSR count). The van der Waals surface area contributed by atoms with Gasteiger partial charge in [-0.25, -0.2) is 4.39 Å². The van der Waals surface area contributed by atoms with Gasteiger partial charge < -0.3 is 10.6 Å². The van der Waals surface area contributed by atoms with Crippen LogP contribution in [0.15, 0.2) is 18.2 Å². The molecule has 1 fully saturated rings. The molecule has 1 aromatic rings. The second-order valence-electron chi connectivity index (χ2n) is 6.23. The van der Waals surface area contributed by atoms with E-state index in [9.17, 15) is 4.39 Å². The topological polar surface area (TPSA) is 29.3 Å². The standard InChI is InChI=1S/C16H25FN2/c1-4-13(18)10-12-6-7-15(14(17)11-12)19-9-5-8-16(19,2)3/h6-7,11,13H,4-5,8-10,18H2,1-3H3. The highest BCUT2D eigenvalue weighted by Crippen LogP contribution is 2.35. The summed E-state index contributed by atoms with van der Waals surface area (Å²) < 4.78 is 14.3. The molecule has 1 atom stereocenters. The van der Waals surface area contributed by atoms with Crippen molar-refractivity contribution in [2.45, 2.75) is 58.0 Å². The monoisotopic (exact) mass is 264 g/mol. The number of benzene rings is 1. The van der Waals surface area contributed by atoms with Crippen molar-refractivity contribution in [1.82, 2.24) is 0 Å². The fourth-order valence-corrected chi connectivity index (χ4v) is 2.90. The summed E-state index contributed by atoms with van der Waals surface area (Å²) in [5, 5.41) is 0. The van der Waals surface area contributed by atoms with E-state index in [1.54, 1.807) is 6.07 Å². The highest BCUT2D eigenvalue weighted by Gasteiger charge is 2.33. The predicted octanol–water partition coefficient (Wildman–Crippen LogP) is 3.48.